The smallest absolute Gasteiger partial charge is 0.217 e. The van der Waals surface area contributed by atoms with Crippen molar-refractivity contribution in [2.45, 2.75) is 33.2 Å². The van der Waals surface area contributed by atoms with Gasteiger partial charge in [0.05, 0.1) is 0 Å². The first-order chi connectivity index (χ1) is 9.45. The summed E-state index contributed by atoms with van der Waals surface area (Å²) in [6.07, 6.45) is 1.80. The van der Waals surface area contributed by atoms with Crippen LogP contribution in [0.4, 0.5) is 0 Å². The summed E-state index contributed by atoms with van der Waals surface area (Å²) in [7, 11) is 0. The van der Waals surface area contributed by atoms with E-state index < -0.39 is 0 Å². The molecule has 0 aliphatic rings. The number of phenols is 1. The summed E-state index contributed by atoms with van der Waals surface area (Å²) in [5, 5.41) is 14.0. The summed E-state index contributed by atoms with van der Waals surface area (Å²) in [6.45, 7) is 9.71. The maximum atomic E-state index is 11.1. The van der Waals surface area contributed by atoms with Crippen molar-refractivity contribution in [3.63, 3.8) is 0 Å². The topological polar surface area (TPSA) is 65.1 Å². The van der Waals surface area contributed by atoms with E-state index in [2.05, 4.69) is 16.9 Å². The molecule has 1 unspecified atom stereocenters. The van der Waals surface area contributed by atoms with Crippen LogP contribution in [0.15, 0.2) is 24.8 Å². The Kier molecular flexibility index (Phi) is 3.84. The number of hydrogen-bond donors (Lipinski definition) is 3. The molecule has 0 fully saturated rings. The highest BCUT2D eigenvalue weighted by molar-refractivity contribution is 5.91. The second kappa shape index (κ2) is 5.41. The minimum Gasteiger partial charge on any atom is -0.508 e. The molecule has 20 heavy (non-hydrogen) atoms. The molecule has 2 rings (SSSR count). The Bertz CT molecular complexity index is 671. The Morgan fingerprint density at radius 3 is 2.85 bits per heavy atom. The zero-order chi connectivity index (χ0) is 14.9. The zero-order valence-corrected chi connectivity index (χ0v) is 12.1. The number of H-pyrrole nitrogens is 1. The lowest BCUT2D eigenvalue weighted by atomic mass is 9.94. The van der Waals surface area contributed by atoms with Crippen molar-refractivity contribution in [2.24, 2.45) is 0 Å². The van der Waals surface area contributed by atoms with Crippen molar-refractivity contribution < 1.29 is 9.90 Å². The number of aryl methyl sites for hydroxylation is 1. The Morgan fingerprint density at radius 1 is 1.55 bits per heavy atom. The Morgan fingerprint density at radius 2 is 2.25 bits per heavy atom. The number of allylic oxidation sites excluding steroid dienone is 1. The van der Waals surface area contributed by atoms with E-state index in [1.54, 1.807) is 12.1 Å². The lowest BCUT2D eigenvalue weighted by Crippen LogP contribution is -2.19. The van der Waals surface area contributed by atoms with E-state index >= 15 is 0 Å². The summed E-state index contributed by atoms with van der Waals surface area (Å²) in [5.74, 6) is 0.218. The lowest BCUT2D eigenvalue weighted by molar-refractivity contribution is -0.119. The van der Waals surface area contributed by atoms with E-state index in [1.807, 2.05) is 19.9 Å². The van der Waals surface area contributed by atoms with Gasteiger partial charge in [0, 0.05) is 41.5 Å². The molecule has 1 amide bonds. The van der Waals surface area contributed by atoms with E-state index in [0.29, 0.717) is 6.54 Å². The van der Waals surface area contributed by atoms with Crippen molar-refractivity contribution in [2.75, 3.05) is 0 Å². The number of aromatic nitrogens is 1. The Labute approximate surface area is 118 Å². The van der Waals surface area contributed by atoms with Crippen LogP contribution in [0.1, 0.15) is 36.6 Å². The largest absolute Gasteiger partial charge is 0.508 e. The van der Waals surface area contributed by atoms with Crippen LogP contribution >= 0.6 is 0 Å². The minimum atomic E-state index is -0.0720. The lowest BCUT2D eigenvalue weighted by Gasteiger charge is -2.13. The summed E-state index contributed by atoms with van der Waals surface area (Å²) in [4.78, 5) is 14.4. The fourth-order valence-corrected chi connectivity index (χ4v) is 2.52. The van der Waals surface area contributed by atoms with E-state index in [-0.39, 0.29) is 17.6 Å². The Balaban J connectivity index is 2.67. The molecule has 1 aromatic carbocycles. The SMILES string of the molecule is C=CC(C)c1c(O)ccc2[nH]c(C)c(CNC(C)=O)c12. The van der Waals surface area contributed by atoms with Gasteiger partial charge in [-0.15, -0.1) is 6.58 Å². The number of carbonyl (C=O) groups excluding carboxylic acids is 1. The predicted octanol–water partition coefficient (Wildman–Crippen LogP) is 3.11. The van der Waals surface area contributed by atoms with Gasteiger partial charge < -0.3 is 15.4 Å². The number of hydrogen-bond acceptors (Lipinski definition) is 2. The normalized spacial score (nSPS) is 12.3. The maximum Gasteiger partial charge on any atom is 0.217 e. The van der Waals surface area contributed by atoms with Crippen molar-refractivity contribution >= 4 is 16.8 Å². The zero-order valence-electron chi connectivity index (χ0n) is 12.1. The van der Waals surface area contributed by atoms with Crippen LogP contribution in [0.25, 0.3) is 10.9 Å². The molecule has 3 N–H and O–H groups in total. The molecule has 4 nitrogen and oxygen atoms in total. The fourth-order valence-electron chi connectivity index (χ4n) is 2.52. The van der Waals surface area contributed by atoms with Crippen molar-refractivity contribution in [3.05, 3.63) is 41.6 Å². The average Bonchev–Trinajstić information content (AvgIpc) is 2.71. The molecule has 0 saturated heterocycles. The van der Waals surface area contributed by atoms with E-state index in [4.69, 9.17) is 0 Å². The number of benzene rings is 1. The van der Waals surface area contributed by atoms with Gasteiger partial charge in [0.15, 0.2) is 0 Å². The highest BCUT2D eigenvalue weighted by Crippen LogP contribution is 2.36. The average molecular weight is 272 g/mol. The molecular formula is C16H20N2O2. The Hall–Kier alpha value is -2.23. The van der Waals surface area contributed by atoms with Crippen LogP contribution in [0.2, 0.25) is 0 Å². The van der Waals surface area contributed by atoms with E-state index in [0.717, 1.165) is 27.7 Å². The molecule has 106 valence electrons. The van der Waals surface area contributed by atoms with Gasteiger partial charge in [-0.25, -0.2) is 0 Å². The van der Waals surface area contributed by atoms with Crippen molar-refractivity contribution in [3.8, 4) is 5.75 Å². The number of fused-ring (bicyclic) bond motifs is 1. The molecule has 1 heterocycles. The summed E-state index contributed by atoms with van der Waals surface area (Å²) >= 11 is 0. The molecule has 0 aliphatic heterocycles. The standard InChI is InChI=1S/C16H20N2O2/c1-5-9(2)15-14(20)7-6-13-16(15)12(10(3)18-13)8-17-11(4)19/h5-7,9,18,20H,1,8H2,2-4H3,(H,17,19). The molecular weight excluding hydrogens is 252 g/mol. The van der Waals surface area contributed by atoms with Crippen molar-refractivity contribution in [1.29, 1.82) is 0 Å². The summed E-state index contributed by atoms with van der Waals surface area (Å²) in [6, 6.07) is 3.55. The minimum absolute atomic E-state index is 0.0324. The van der Waals surface area contributed by atoms with Crippen LogP contribution in [-0.4, -0.2) is 16.0 Å². The van der Waals surface area contributed by atoms with Crippen LogP contribution in [0.5, 0.6) is 5.75 Å². The van der Waals surface area contributed by atoms with Gasteiger partial charge in [-0.2, -0.15) is 0 Å². The highest BCUT2D eigenvalue weighted by Gasteiger charge is 2.18. The van der Waals surface area contributed by atoms with Gasteiger partial charge in [0.1, 0.15) is 5.75 Å². The molecule has 1 aromatic heterocycles. The second-order valence-corrected chi connectivity index (χ2v) is 5.08. The third kappa shape index (κ3) is 2.41. The number of aromatic hydroxyl groups is 1. The molecule has 2 aromatic rings. The van der Waals surface area contributed by atoms with Crippen LogP contribution in [0, 0.1) is 6.92 Å². The van der Waals surface area contributed by atoms with Gasteiger partial charge in [-0.05, 0) is 24.6 Å². The molecule has 0 saturated carbocycles. The molecule has 1 atom stereocenters. The summed E-state index contributed by atoms with van der Waals surface area (Å²) in [5.41, 5.74) is 3.82. The fraction of sp³-hybridized carbons (Fsp3) is 0.312. The van der Waals surface area contributed by atoms with Gasteiger partial charge >= 0.3 is 0 Å². The van der Waals surface area contributed by atoms with E-state index in [1.165, 1.54) is 6.92 Å². The molecule has 0 aliphatic carbocycles. The van der Waals surface area contributed by atoms with Gasteiger partial charge in [0.25, 0.3) is 0 Å². The van der Waals surface area contributed by atoms with Crippen LogP contribution < -0.4 is 5.32 Å². The number of amides is 1. The maximum absolute atomic E-state index is 11.1. The van der Waals surface area contributed by atoms with E-state index in [9.17, 15) is 9.90 Å². The third-order valence-corrected chi connectivity index (χ3v) is 3.62. The number of phenolic OH excluding ortho intramolecular Hbond substituents is 1. The number of carbonyl (C=O) groups is 1. The quantitative estimate of drug-likeness (QED) is 0.749. The van der Waals surface area contributed by atoms with Gasteiger partial charge in [0.2, 0.25) is 5.91 Å². The third-order valence-electron chi connectivity index (χ3n) is 3.62. The number of rotatable bonds is 4. The monoisotopic (exact) mass is 272 g/mol. The predicted molar refractivity (Wildman–Crippen MR) is 80.8 cm³/mol. The van der Waals surface area contributed by atoms with Gasteiger partial charge in [-0.3, -0.25) is 4.79 Å². The highest BCUT2D eigenvalue weighted by atomic mass is 16.3. The van der Waals surface area contributed by atoms with Crippen LogP contribution in [-0.2, 0) is 11.3 Å². The second-order valence-electron chi connectivity index (χ2n) is 5.08. The van der Waals surface area contributed by atoms with Crippen molar-refractivity contribution in [1.82, 2.24) is 10.3 Å². The molecule has 0 bridgehead atoms. The molecule has 4 heteroatoms. The first-order valence-corrected chi connectivity index (χ1v) is 6.65. The number of aromatic amines is 1. The number of nitrogens with one attached hydrogen (secondary N) is 2. The van der Waals surface area contributed by atoms with Gasteiger partial charge in [-0.1, -0.05) is 13.0 Å². The first kappa shape index (κ1) is 14.2. The molecule has 0 radical (unpaired) electrons. The summed E-state index contributed by atoms with van der Waals surface area (Å²) < 4.78 is 0. The van der Waals surface area contributed by atoms with Crippen LogP contribution in [0.3, 0.4) is 0 Å². The first-order valence-electron chi connectivity index (χ1n) is 6.65. The molecule has 0 spiro atoms.